The zero-order valence-corrected chi connectivity index (χ0v) is 12.7. The Morgan fingerprint density at radius 2 is 1.89 bits per heavy atom. The third-order valence-electron chi connectivity index (χ3n) is 3.56. The molecule has 3 heteroatoms. The Morgan fingerprint density at radius 3 is 2.42 bits per heavy atom. The van der Waals surface area contributed by atoms with Crippen LogP contribution >= 0.6 is 0 Å². The lowest BCUT2D eigenvalue weighted by molar-refractivity contribution is 0.187. The lowest BCUT2D eigenvalue weighted by atomic mass is 9.84. The van der Waals surface area contributed by atoms with Gasteiger partial charge in [0.1, 0.15) is 5.75 Å². The van der Waals surface area contributed by atoms with Crippen LogP contribution in [0.2, 0.25) is 0 Å². The zero-order valence-electron chi connectivity index (χ0n) is 12.7. The van der Waals surface area contributed by atoms with Crippen molar-refractivity contribution in [1.29, 1.82) is 0 Å². The highest BCUT2D eigenvalue weighted by Gasteiger charge is 2.26. The van der Waals surface area contributed by atoms with Gasteiger partial charge in [-0.1, -0.05) is 38.5 Å². The summed E-state index contributed by atoms with van der Waals surface area (Å²) in [6.07, 6.45) is 0.709. The van der Waals surface area contributed by atoms with Crippen LogP contribution in [0.25, 0.3) is 0 Å². The minimum Gasteiger partial charge on any atom is -0.508 e. The summed E-state index contributed by atoms with van der Waals surface area (Å²) in [6.45, 7) is 10.7. The topological polar surface area (TPSA) is 52.5 Å². The number of benzene rings is 1. The number of aromatic hydroxyl groups is 1. The Labute approximate surface area is 116 Å². The molecule has 0 amide bonds. The molecular formula is C16H27NO2. The summed E-state index contributed by atoms with van der Waals surface area (Å²) in [6, 6.07) is 5.90. The standard InChI is InChI=1S/C16H27NO2/c1-11-6-7-14(19)13(10-11)12(2)17-15(8-9-18)16(3,4)5/h6-7,10,12,15,17-19H,8-9H2,1-5H3. The molecule has 2 atom stereocenters. The molecule has 0 radical (unpaired) electrons. The van der Waals surface area contributed by atoms with E-state index in [1.165, 1.54) is 0 Å². The Kier molecular flexibility index (Phi) is 5.39. The van der Waals surface area contributed by atoms with Gasteiger partial charge in [-0.05, 0) is 31.7 Å². The largest absolute Gasteiger partial charge is 0.508 e. The van der Waals surface area contributed by atoms with Gasteiger partial charge in [-0.15, -0.1) is 0 Å². The molecule has 0 fully saturated rings. The quantitative estimate of drug-likeness (QED) is 0.766. The first-order chi connectivity index (χ1) is 8.75. The first-order valence-electron chi connectivity index (χ1n) is 6.92. The maximum absolute atomic E-state index is 9.96. The first kappa shape index (κ1) is 16.0. The number of hydrogen-bond donors (Lipinski definition) is 3. The van der Waals surface area contributed by atoms with Gasteiger partial charge in [-0.2, -0.15) is 0 Å². The molecule has 0 aliphatic heterocycles. The van der Waals surface area contributed by atoms with Crippen LogP contribution in [0.15, 0.2) is 18.2 Å². The molecule has 2 unspecified atom stereocenters. The fourth-order valence-corrected chi connectivity index (χ4v) is 2.31. The fraction of sp³-hybridized carbons (Fsp3) is 0.625. The molecule has 1 aromatic rings. The van der Waals surface area contributed by atoms with E-state index >= 15 is 0 Å². The number of phenolic OH excluding ortho intramolecular Hbond substituents is 1. The SMILES string of the molecule is Cc1ccc(O)c(C(C)NC(CCO)C(C)(C)C)c1. The number of aliphatic hydroxyl groups is 1. The average molecular weight is 265 g/mol. The number of aryl methyl sites for hydroxylation is 1. The van der Waals surface area contributed by atoms with Crippen LogP contribution in [0.1, 0.15) is 51.3 Å². The number of rotatable bonds is 5. The number of nitrogens with one attached hydrogen (secondary N) is 1. The van der Waals surface area contributed by atoms with Crippen LogP contribution in [-0.2, 0) is 0 Å². The summed E-state index contributed by atoms with van der Waals surface area (Å²) in [4.78, 5) is 0. The molecule has 108 valence electrons. The minimum absolute atomic E-state index is 0.0516. The number of aliphatic hydroxyl groups excluding tert-OH is 1. The van der Waals surface area contributed by atoms with E-state index in [4.69, 9.17) is 0 Å². The van der Waals surface area contributed by atoms with Gasteiger partial charge < -0.3 is 15.5 Å². The van der Waals surface area contributed by atoms with Gasteiger partial charge in [0.15, 0.2) is 0 Å². The van der Waals surface area contributed by atoms with Gasteiger partial charge in [0.25, 0.3) is 0 Å². The lowest BCUT2D eigenvalue weighted by Gasteiger charge is -2.34. The molecule has 3 nitrogen and oxygen atoms in total. The Bertz CT molecular complexity index is 410. The van der Waals surface area contributed by atoms with Gasteiger partial charge in [0.05, 0.1) is 0 Å². The minimum atomic E-state index is 0.0516. The second kappa shape index (κ2) is 6.40. The van der Waals surface area contributed by atoms with Gasteiger partial charge in [-0.25, -0.2) is 0 Å². The van der Waals surface area contributed by atoms with Crippen molar-refractivity contribution in [3.05, 3.63) is 29.3 Å². The van der Waals surface area contributed by atoms with E-state index < -0.39 is 0 Å². The van der Waals surface area contributed by atoms with Crippen LogP contribution in [0.4, 0.5) is 0 Å². The molecular weight excluding hydrogens is 238 g/mol. The molecule has 0 aliphatic carbocycles. The van der Waals surface area contributed by atoms with Crippen LogP contribution in [0.5, 0.6) is 5.75 Å². The third-order valence-corrected chi connectivity index (χ3v) is 3.56. The van der Waals surface area contributed by atoms with Crippen molar-refractivity contribution < 1.29 is 10.2 Å². The number of hydrogen-bond acceptors (Lipinski definition) is 3. The smallest absolute Gasteiger partial charge is 0.120 e. The maximum Gasteiger partial charge on any atom is 0.120 e. The zero-order chi connectivity index (χ0) is 14.6. The van der Waals surface area contributed by atoms with Crippen LogP contribution in [-0.4, -0.2) is 22.9 Å². The summed E-state index contributed by atoms with van der Waals surface area (Å²) >= 11 is 0. The Morgan fingerprint density at radius 1 is 1.26 bits per heavy atom. The highest BCUT2D eigenvalue weighted by molar-refractivity contribution is 5.37. The van der Waals surface area contributed by atoms with E-state index in [1.54, 1.807) is 6.07 Å². The van der Waals surface area contributed by atoms with E-state index in [-0.39, 0.29) is 24.1 Å². The van der Waals surface area contributed by atoms with E-state index in [9.17, 15) is 10.2 Å². The normalized spacial score (nSPS) is 15.3. The maximum atomic E-state index is 9.96. The molecule has 1 aromatic carbocycles. The van der Waals surface area contributed by atoms with Crippen molar-refractivity contribution in [1.82, 2.24) is 5.32 Å². The van der Waals surface area contributed by atoms with Gasteiger partial charge in [0.2, 0.25) is 0 Å². The summed E-state index contributed by atoms with van der Waals surface area (Å²) in [5.74, 6) is 0.322. The van der Waals surface area contributed by atoms with Crippen molar-refractivity contribution in [2.24, 2.45) is 5.41 Å². The molecule has 0 aliphatic rings. The molecule has 0 spiro atoms. The second-order valence-electron chi connectivity index (χ2n) is 6.38. The number of phenols is 1. The highest BCUT2D eigenvalue weighted by Crippen LogP contribution is 2.29. The van der Waals surface area contributed by atoms with Crippen molar-refractivity contribution in [2.45, 2.75) is 53.1 Å². The molecule has 0 aromatic heterocycles. The molecule has 0 saturated heterocycles. The lowest BCUT2D eigenvalue weighted by Crippen LogP contribution is -2.42. The molecule has 1 rings (SSSR count). The highest BCUT2D eigenvalue weighted by atomic mass is 16.3. The van der Waals surface area contributed by atoms with E-state index in [0.717, 1.165) is 11.1 Å². The fourth-order valence-electron chi connectivity index (χ4n) is 2.31. The van der Waals surface area contributed by atoms with Crippen LogP contribution in [0, 0.1) is 12.3 Å². The molecule has 19 heavy (non-hydrogen) atoms. The van der Waals surface area contributed by atoms with Gasteiger partial charge >= 0.3 is 0 Å². The van der Waals surface area contributed by atoms with Crippen LogP contribution < -0.4 is 5.32 Å². The third kappa shape index (κ3) is 4.51. The summed E-state index contributed by atoms with van der Waals surface area (Å²) < 4.78 is 0. The summed E-state index contributed by atoms with van der Waals surface area (Å²) in [7, 11) is 0. The molecule has 3 N–H and O–H groups in total. The first-order valence-corrected chi connectivity index (χ1v) is 6.92. The van der Waals surface area contributed by atoms with E-state index in [1.807, 2.05) is 26.0 Å². The summed E-state index contributed by atoms with van der Waals surface area (Å²) in [5.41, 5.74) is 2.11. The molecule has 0 bridgehead atoms. The average Bonchev–Trinajstić information content (AvgIpc) is 2.30. The van der Waals surface area contributed by atoms with Gasteiger partial charge in [0, 0.05) is 24.3 Å². The van der Waals surface area contributed by atoms with E-state index in [0.29, 0.717) is 12.2 Å². The predicted molar refractivity (Wildman–Crippen MR) is 79.3 cm³/mol. The van der Waals surface area contributed by atoms with Crippen LogP contribution in [0.3, 0.4) is 0 Å². The van der Waals surface area contributed by atoms with Gasteiger partial charge in [-0.3, -0.25) is 0 Å². The van der Waals surface area contributed by atoms with E-state index in [2.05, 4.69) is 26.1 Å². The molecule has 0 heterocycles. The van der Waals surface area contributed by atoms with Crippen molar-refractivity contribution in [3.63, 3.8) is 0 Å². The van der Waals surface area contributed by atoms with Crippen molar-refractivity contribution in [2.75, 3.05) is 6.61 Å². The summed E-state index contributed by atoms with van der Waals surface area (Å²) in [5, 5.41) is 22.7. The van der Waals surface area contributed by atoms with Crippen molar-refractivity contribution in [3.8, 4) is 5.75 Å². The predicted octanol–water partition coefficient (Wildman–Crippen LogP) is 3.15. The van der Waals surface area contributed by atoms with Crippen molar-refractivity contribution >= 4 is 0 Å². The monoisotopic (exact) mass is 265 g/mol. The Hall–Kier alpha value is -1.06. The molecule has 0 saturated carbocycles. The Balaban J connectivity index is 2.87. The second-order valence-corrected chi connectivity index (χ2v) is 6.38.